The Balaban J connectivity index is 0. The molecule has 5 heteroatoms. The number of hydrogen-bond donors (Lipinski definition) is 0. The third kappa shape index (κ3) is 5.34. The van der Waals surface area contributed by atoms with Crippen molar-refractivity contribution < 1.29 is 46.6 Å². The molecule has 0 amide bonds. The Morgan fingerprint density at radius 3 is 2.22 bits per heavy atom. The first-order chi connectivity index (χ1) is 3.39. The van der Waals surface area contributed by atoms with Crippen LogP contribution in [0, 0.1) is 0 Å². The number of nitrogens with zero attached hydrogens (tertiary/aromatic N) is 2. The second kappa shape index (κ2) is 7.00. The van der Waals surface area contributed by atoms with Crippen molar-refractivity contribution in [3.8, 4) is 0 Å². The molecule has 1 aromatic heterocycles. The van der Waals surface area contributed by atoms with Crippen molar-refractivity contribution in [1.29, 1.82) is 0 Å². The normalized spacial score (nSPS) is 6.78. The molecule has 1 aromatic rings. The van der Waals surface area contributed by atoms with E-state index in [1.165, 1.54) is 6.20 Å². The standard InChI is InChI=1S/C4H3ClN2.Fe.Na/c5-4-3-6-1-2-7-4;;/h1-3H;;/q;+2;+1. The van der Waals surface area contributed by atoms with Gasteiger partial charge in [0.2, 0.25) is 0 Å². The van der Waals surface area contributed by atoms with Gasteiger partial charge < -0.3 is 0 Å². The summed E-state index contributed by atoms with van der Waals surface area (Å²) < 4.78 is 0. The van der Waals surface area contributed by atoms with Gasteiger partial charge in [-0.2, -0.15) is 0 Å². The molecule has 1 heterocycles. The van der Waals surface area contributed by atoms with Crippen molar-refractivity contribution in [2.24, 2.45) is 0 Å². The Labute approximate surface area is 91.2 Å². The van der Waals surface area contributed by atoms with E-state index in [-0.39, 0.29) is 46.6 Å². The van der Waals surface area contributed by atoms with E-state index in [0.717, 1.165) is 0 Å². The van der Waals surface area contributed by atoms with Crippen LogP contribution < -0.4 is 29.6 Å². The molecule has 0 atom stereocenters. The van der Waals surface area contributed by atoms with Crippen molar-refractivity contribution in [2.75, 3.05) is 0 Å². The Kier molecular flexibility index (Phi) is 9.77. The summed E-state index contributed by atoms with van der Waals surface area (Å²) in [5.74, 6) is 0. The molecule has 42 valence electrons. The van der Waals surface area contributed by atoms with Crippen LogP contribution in [0.5, 0.6) is 0 Å². The fraction of sp³-hybridized carbons (Fsp3) is 0. The van der Waals surface area contributed by atoms with E-state index in [4.69, 9.17) is 11.6 Å². The Bertz CT molecular complexity index is 148. The Morgan fingerprint density at radius 1 is 1.33 bits per heavy atom. The minimum absolute atomic E-state index is 0. The van der Waals surface area contributed by atoms with Gasteiger partial charge in [0, 0.05) is 12.4 Å². The molecule has 9 heavy (non-hydrogen) atoms. The molecule has 0 aromatic carbocycles. The maximum atomic E-state index is 5.37. The smallest absolute Gasteiger partial charge is 0.260 e. The number of aromatic nitrogens is 2. The van der Waals surface area contributed by atoms with Crippen LogP contribution in [-0.2, 0) is 17.1 Å². The van der Waals surface area contributed by atoms with Gasteiger partial charge in [-0.1, -0.05) is 11.6 Å². The molecule has 0 radical (unpaired) electrons. The van der Waals surface area contributed by atoms with Crippen LogP contribution >= 0.6 is 11.6 Å². The van der Waals surface area contributed by atoms with Crippen LogP contribution in [0.25, 0.3) is 0 Å². The zero-order valence-corrected chi connectivity index (χ0v) is 8.72. The fourth-order valence-corrected chi connectivity index (χ4v) is 0.394. The average molecular weight is 193 g/mol. The first kappa shape index (κ1) is 12.6. The first-order valence-electron chi connectivity index (χ1n) is 1.81. The molecule has 0 aliphatic carbocycles. The van der Waals surface area contributed by atoms with E-state index in [0.29, 0.717) is 5.15 Å². The number of hydrogen-bond acceptors (Lipinski definition) is 2. The SMILES string of the molecule is Clc1cnccn1.[Fe+2].[Na+]. The van der Waals surface area contributed by atoms with Crippen LogP contribution in [-0.4, -0.2) is 9.97 Å². The summed E-state index contributed by atoms with van der Waals surface area (Å²) in [7, 11) is 0. The molecular formula is C4H3ClFeN2Na+3. The molecule has 0 unspecified atom stereocenters. The minimum atomic E-state index is 0. The fourth-order valence-electron chi connectivity index (χ4n) is 0.281. The molecule has 0 bridgehead atoms. The maximum Gasteiger partial charge on any atom is 2.00 e. The van der Waals surface area contributed by atoms with E-state index < -0.39 is 0 Å². The van der Waals surface area contributed by atoms with Crippen molar-refractivity contribution >= 4 is 11.6 Å². The van der Waals surface area contributed by atoms with Crippen LogP contribution in [0.1, 0.15) is 0 Å². The van der Waals surface area contributed by atoms with Gasteiger partial charge in [0.1, 0.15) is 5.15 Å². The third-order valence-corrected chi connectivity index (χ3v) is 0.727. The van der Waals surface area contributed by atoms with Crippen molar-refractivity contribution in [3.05, 3.63) is 23.7 Å². The summed E-state index contributed by atoms with van der Waals surface area (Å²) in [6, 6.07) is 0. The molecule has 0 aliphatic heterocycles. The summed E-state index contributed by atoms with van der Waals surface area (Å²) in [6.07, 6.45) is 4.61. The van der Waals surface area contributed by atoms with E-state index in [2.05, 4.69) is 9.97 Å². The molecule has 0 saturated carbocycles. The Hall–Kier alpha value is 0.889. The van der Waals surface area contributed by atoms with E-state index in [1.54, 1.807) is 12.4 Å². The molecule has 0 aliphatic rings. The van der Waals surface area contributed by atoms with Crippen LogP contribution in [0.3, 0.4) is 0 Å². The van der Waals surface area contributed by atoms with Crippen LogP contribution in [0.2, 0.25) is 5.15 Å². The second-order valence-electron chi connectivity index (χ2n) is 1.03. The summed E-state index contributed by atoms with van der Waals surface area (Å²) in [5, 5.41) is 0.433. The van der Waals surface area contributed by atoms with E-state index in [1.807, 2.05) is 0 Å². The minimum Gasteiger partial charge on any atom is -0.260 e. The van der Waals surface area contributed by atoms with E-state index in [9.17, 15) is 0 Å². The third-order valence-electron chi connectivity index (χ3n) is 0.532. The Morgan fingerprint density at radius 2 is 2.00 bits per heavy atom. The molecule has 1 rings (SSSR count). The first-order valence-corrected chi connectivity index (χ1v) is 2.19. The van der Waals surface area contributed by atoms with Crippen molar-refractivity contribution in [2.45, 2.75) is 0 Å². The van der Waals surface area contributed by atoms with Gasteiger partial charge >= 0.3 is 46.6 Å². The summed E-state index contributed by atoms with van der Waals surface area (Å²) in [4.78, 5) is 7.37. The van der Waals surface area contributed by atoms with Crippen molar-refractivity contribution in [1.82, 2.24) is 9.97 Å². The van der Waals surface area contributed by atoms with Gasteiger partial charge in [0.05, 0.1) is 6.20 Å². The summed E-state index contributed by atoms with van der Waals surface area (Å²) in [6.45, 7) is 0. The van der Waals surface area contributed by atoms with Gasteiger partial charge in [-0.25, -0.2) is 4.98 Å². The van der Waals surface area contributed by atoms with Gasteiger partial charge in [0.25, 0.3) is 0 Å². The largest absolute Gasteiger partial charge is 2.00 e. The molecule has 0 N–H and O–H groups in total. The average Bonchev–Trinajstić information content (AvgIpc) is 1.69. The molecule has 0 saturated heterocycles. The van der Waals surface area contributed by atoms with Gasteiger partial charge in [0.15, 0.2) is 0 Å². The molecule has 0 fully saturated rings. The monoisotopic (exact) mass is 193 g/mol. The quantitative estimate of drug-likeness (QED) is 0.451. The number of halogens is 1. The second-order valence-corrected chi connectivity index (χ2v) is 1.42. The summed E-state index contributed by atoms with van der Waals surface area (Å²) in [5.41, 5.74) is 0. The zero-order valence-electron chi connectivity index (χ0n) is 4.86. The number of rotatable bonds is 0. The van der Waals surface area contributed by atoms with Gasteiger partial charge in [-0.3, -0.25) is 4.98 Å². The summed E-state index contributed by atoms with van der Waals surface area (Å²) >= 11 is 5.37. The topological polar surface area (TPSA) is 25.8 Å². The predicted octanol–water partition coefficient (Wildman–Crippen LogP) is -1.87. The van der Waals surface area contributed by atoms with E-state index >= 15 is 0 Å². The molecular weight excluding hydrogens is 190 g/mol. The molecule has 0 spiro atoms. The predicted molar refractivity (Wildman–Crippen MR) is 27.0 cm³/mol. The zero-order chi connectivity index (χ0) is 5.11. The van der Waals surface area contributed by atoms with Crippen LogP contribution in [0.4, 0.5) is 0 Å². The van der Waals surface area contributed by atoms with Crippen LogP contribution in [0.15, 0.2) is 18.6 Å². The molecule has 2 nitrogen and oxygen atoms in total. The maximum absolute atomic E-state index is 5.37. The van der Waals surface area contributed by atoms with Gasteiger partial charge in [-0.15, -0.1) is 0 Å². The van der Waals surface area contributed by atoms with Crippen molar-refractivity contribution in [3.63, 3.8) is 0 Å². The van der Waals surface area contributed by atoms with Gasteiger partial charge in [-0.05, 0) is 0 Å².